The second-order valence-electron chi connectivity index (χ2n) is 3.30. The van der Waals surface area contributed by atoms with Gasteiger partial charge < -0.3 is 5.32 Å². The summed E-state index contributed by atoms with van der Waals surface area (Å²) in [6.45, 7) is 3.31. The molecular formula is C10H14F2N2. The lowest BCUT2D eigenvalue weighted by Gasteiger charge is -2.19. The summed E-state index contributed by atoms with van der Waals surface area (Å²) in [6.07, 6.45) is 0.997. The van der Waals surface area contributed by atoms with Crippen LogP contribution in [0.3, 0.4) is 0 Å². The van der Waals surface area contributed by atoms with Gasteiger partial charge in [0.25, 0.3) is 6.43 Å². The first kappa shape index (κ1) is 11.0. The van der Waals surface area contributed by atoms with E-state index in [1.165, 1.54) is 6.92 Å². The fourth-order valence-electron chi connectivity index (χ4n) is 1.20. The zero-order valence-electron chi connectivity index (χ0n) is 8.24. The molecule has 0 bridgehead atoms. The van der Waals surface area contributed by atoms with Crippen molar-refractivity contribution in [2.24, 2.45) is 0 Å². The van der Waals surface area contributed by atoms with E-state index in [1.54, 1.807) is 18.5 Å². The first-order chi connectivity index (χ1) is 6.61. The van der Waals surface area contributed by atoms with Gasteiger partial charge in [-0.05, 0) is 25.5 Å². The molecule has 0 aliphatic carbocycles. The van der Waals surface area contributed by atoms with Crippen LogP contribution in [0, 0.1) is 0 Å². The molecule has 0 aliphatic heterocycles. The molecule has 4 heteroatoms. The number of nitrogens with one attached hydrogen (secondary N) is 1. The SMILES string of the molecule is CC(N[C@@H](C)c1cccnc1)C(F)F. The summed E-state index contributed by atoms with van der Waals surface area (Å²) in [5.41, 5.74) is 0.917. The number of nitrogens with zero attached hydrogens (tertiary/aromatic N) is 1. The van der Waals surface area contributed by atoms with Crippen molar-refractivity contribution in [3.05, 3.63) is 30.1 Å². The molecule has 2 nitrogen and oxygen atoms in total. The molecule has 0 amide bonds. The first-order valence-electron chi connectivity index (χ1n) is 4.55. The van der Waals surface area contributed by atoms with Crippen molar-refractivity contribution >= 4 is 0 Å². The molecule has 1 N–H and O–H groups in total. The van der Waals surface area contributed by atoms with Crippen molar-refractivity contribution < 1.29 is 8.78 Å². The average Bonchev–Trinajstić information content (AvgIpc) is 2.19. The molecule has 1 rings (SSSR count). The third kappa shape index (κ3) is 3.03. The van der Waals surface area contributed by atoms with Crippen molar-refractivity contribution in [3.63, 3.8) is 0 Å². The highest BCUT2D eigenvalue weighted by atomic mass is 19.3. The highest BCUT2D eigenvalue weighted by Crippen LogP contribution is 2.12. The molecule has 2 atom stereocenters. The van der Waals surface area contributed by atoms with E-state index in [9.17, 15) is 8.78 Å². The Bertz CT molecular complexity index is 264. The molecule has 0 aromatic carbocycles. The molecule has 14 heavy (non-hydrogen) atoms. The highest BCUT2D eigenvalue weighted by Gasteiger charge is 2.17. The lowest BCUT2D eigenvalue weighted by atomic mass is 10.1. The number of alkyl halides is 2. The topological polar surface area (TPSA) is 24.9 Å². The van der Waals surface area contributed by atoms with Crippen molar-refractivity contribution in [2.75, 3.05) is 0 Å². The van der Waals surface area contributed by atoms with Gasteiger partial charge in [-0.1, -0.05) is 6.07 Å². The maximum absolute atomic E-state index is 12.2. The Labute approximate surface area is 82.4 Å². The predicted molar refractivity (Wildman–Crippen MR) is 51.3 cm³/mol. The van der Waals surface area contributed by atoms with Crippen LogP contribution in [-0.4, -0.2) is 17.5 Å². The molecule has 78 valence electrons. The summed E-state index contributed by atoms with van der Waals surface area (Å²) >= 11 is 0. The van der Waals surface area contributed by atoms with E-state index < -0.39 is 12.5 Å². The summed E-state index contributed by atoms with van der Waals surface area (Å²) in [7, 11) is 0. The number of rotatable bonds is 4. The van der Waals surface area contributed by atoms with Crippen molar-refractivity contribution in [1.82, 2.24) is 10.3 Å². The van der Waals surface area contributed by atoms with E-state index in [0.29, 0.717) is 0 Å². The van der Waals surface area contributed by atoms with Crippen LogP contribution in [0.25, 0.3) is 0 Å². The van der Waals surface area contributed by atoms with E-state index in [4.69, 9.17) is 0 Å². The summed E-state index contributed by atoms with van der Waals surface area (Å²) < 4.78 is 24.5. The Balaban J connectivity index is 2.55. The van der Waals surface area contributed by atoms with Gasteiger partial charge in [-0.2, -0.15) is 0 Å². The van der Waals surface area contributed by atoms with Crippen molar-refractivity contribution in [3.8, 4) is 0 Å². The Kier molecular flexibility index (Phi) is 3.95. The number of halogens is 2. The zero-order valence-corrected chi connectivity index (χ0v) is 8.24. The average molecular weight is 200 g/mol. The smallest absolute Gasteiger partial charge is 0.253 e. The van der Waals surface area contributed by atoms with Gasteiger partial charge in [0.05, 0.1) is 6.04 Å². The molecule has 0 radical (unpaired) electrons. The largest absolute Gasteiger partial charge is 0.302 e. The second kappa shape index (κ2) is 5.00. The van der Waals surface area contributed by atoms with Gasteiger partial charge in [-0.15, -0.1) is 0 Å². The van der Waals surface area contributed by atoms with Gasteiger partial charge in [0, 0.05) is 18.4 Å². The van der Waals surface area contributed by atoms with Gasteiger partial charge in [-0.3, -0.25) is 4.98 Å². The van der Waals surface area contributed by atoms with Crippen LogP contribution < -0.4 is 5.32 Å². The third-order valence-electron chi connectivity index (χ3n) is 2.08. The number of hydrogen-bond donors (Lipinski definition) is 1. The van der Waals surface area contributed by atoms with Crippen LogP contribution in [0.15, 0.2) is 24.5 Å². The first-order valence-corrected chi connectivity index (χ1v) is 4.55. The minimum atomic E-state index is -2.34. The molecule has 1 aromatic rings. The number of hydrogen-bond acceptors (Lipinski definition) is 2. The Morgan fingerprint density at radius 3 is 2.57 bits per heavy atom. The van der Waals surface area contributed by atoms with Crippen LogP contribution in [0.1, 0.15) is 25.5 Å². The molecule has 1 heterocycles. The van der Waals surface area contributed by atoms with Gasteiger partial charge >= 0.3 is 0 Å². The highest BCUT2D eigenvalue weighted by molar-refractivity contribution is 5.12. The van der Waals surface area contributed by atoms with Gasteiger partial charge in [0.15, 0.2) is 0 Å². The minimum absolute atomic E-state index is 0.104. The summed E-state index contributed by atoms with van der Waals surface area (Å²) in [6, 6.07) is 2.75. The normalized spacial score (nSPS) is 15.5. The van der Waals surface area contributed by atoms with Gasteiger partial charge in [-0.25, -0.2) is 8.78 Å². The Morgan fingerprint density at radius 2 is 2.07 bits per heavy atom. The van der Waals surface area contributed by atoms with E-state index in [0.717, 1.165) is 5.56 Å². The monoisotopic (exact) mass is 200 g/mol. The lowest BCUT2D eigenvalue weighted by molar-refractivity contribution is 0.101. The summed E-state index contributed by atoms with van der Waals surface area (Å²) in [4.78, 5) is 3.93. The lowest BCUT2D eigenvalue weighted by Crippen LogP contribution is -2.34. The molecule has 0 aliphatic rings. The van der Waals surface area contributed by atoms with Crippen molar-refractivity contribution in [2.45, 2.75) is 32.4 Å². The van der Waals surface area contributed by atoms with Crippen LogP contribution in [0.2, 0.25) is 0 Å². The van der Waals surface area contributed by atoms with Crippen LogP contribution in [0.4, 0.5) is 8.78 Å². The third-order valence-corrected chi connectivity index (χ3v) is 2.08. The van der Waals surface area contributed by atoms with Crippen LogP contribution in [-0.2, 0) is 0 Å². The fraction of sp³-hybridized carbons (Fsp3) is 0.500. The molecule has 0 spiro atoms. The van der Waals surface area contributed by atoms with E-state index in [2.05, 4.69) is 10.3 Å². The standard InChI is InChI=1S/C10H14F2N2/c1-7(14-8(2)10(11)12)9-4-3-5-13-6-9/h3-8,10,14H,1-2H3/t7-,8?/m0/s1. The molecule has 0 saturated heterocycles. The quantitative estimate of drug-likeness (QED) is 0.807. The van der Waals surface area contributed by atoms with Gasteiger partial charge in [0.1, 0.15) is 0 Å². The summed E-state index contributed by atoms with van der Waals surface area (Å²) in [5.74, 6) is 0. The minimum Gasteiger partial charge on any atom is -0.302 e. The predicted octanol–water partition coefficient (Wildman–Crippen LogP) is 2.39. The molecule has 0 saturated carbocycles. The number of aromatic nitrogens is 1. The van der Waals surface area contributed by atoms with E-state index >= 15 is 0 Å². The van der Waals surface area contributed by atoms with Crippen molar-refractivity contribution in [1.29, 1.82) is 0 Å². The fourth-order valence-corrected chi connectivity index (χ4v) is 1.20. The van der Waals surface area contributed by atoms with Crippen LogP contribution >= 0.6 is 0 Å². The van der Waals surface area contributed by atoms with Gasteiger partial charge in [0.2, 0.25) is 0 Å². The molecule has 0 fully saturated rings. The van der Waals surface area contributed by atoms with E-state index in [-0.39, 0.29) is 6.04 Å². The Morgan fingerprint density at radius 1 is 1.36 bits per heavy atom. The molecule has 1 aromatic heterocycles. The zero-order chi connectivity index (χ0) is 10.6. The molecular weight excluding hydrogens is 186 g/mol. The number of pyridine rings is 1. The maximum atomic E-state index is 12.2. The summed E-state index contributed by atoms with van der Waals surface area (Å²) in [5, 5.41) is 2.81. The maximum Gasteiger partial charge on any atom is 0.253 e. The molecule has 1 unspecified atom stereocenters. The second-order valence-corrected chi connectivity index (χ2v) is 3.30. The van der Waals surface area contributed by atoms with Crippen LogP contribution in [0.5, 0.6) is 0 Å². The van der Waals surface area contributed by atoms with E-state index in [1.807, 2.05) is 13.0 Å². The Hall–Kier alpha value is -1.03.